The van der Waals surface area contributed by atoms with Crippen molar-refractivity contribution < 1.29 is 4.74 Å². The van der Waals surface area contributed by atoms with Crippen molar-refractivity contribution in [3.8, 4) is 18.1 Å². The van der Waals surface area contributed by atoms with E-state index in [9.17, 15) is 10.5 Å². The Balaban J connectivity index is 1.35. The van der Waals surface area contributed by atoms with E-state index in [1.807, 2.05) is 0 Å². The first kappa shape index (κ1) is 24.4. The Morgan fingerprint density at radius 1 is 1.18 bits per heavy atom. The van der Waals surface area contributed by atoms with Gasteiger partial charge in [0.1, 0.15) is 35.0 Å². The summed E-state index contributed by atoms with van der Waals surface area (Å²) >= 11 is 1.52. The average Bonchev–Trinajstić information content (AvgIpc) is 3.52. The fourth-order valence-electron chi connectivity index (χ4n) is 6.36. The largest absolute Gasteiger partial charge is 0.457 e. The molecule has 3 aliphatic heterocycles. The molecule has 1 spiro atoms. The highest BCUT2D eigenvalue weighted by molar-refractivity contribution is 7.16. The highest BCUT2D eigenvalue weighted by atomic mass is 32.1. The first-order valence-corrected chi connectivity index (χ1v) is 13.5. The molecule has 12 nitrogen and oxygen atoms in total. The van der Waals surface area contributed by atoms with Gasteiger partial charge in [-0.2, -0.15) is 25.6 Å². The zero-order valence-corrected chi connectivity index (χ0v) is 21.9. The van der Waals surface area contributed by atoms with Crippen LogP contribution in [0.5, 0.6) is 6.01 Å². The van der Waals surface area contributed by atoms with Gasteiger partial charge in [0.2, 0.25) is 0 Å². The number of rotatable bonds is 6. The third-order valence-electron chi connectivity index (χ3n) is 8.17. The SMILES string of the molecule is CC(=N)/C(COc1nc(N2CC3CCC(C2)N3)c(C#N)c(N2CC3(CCc4sc(N)c(C#N)c43)C2)n1)=N\N. The molecule has 0 radical (unpaired) electrons. The van der Waals surface area contributed by atoms with Crippen molar-refractivity contribution in [2.75, 3.05) is 48.3 Å². The van der Waals surface area contributed by atoms with Gasteiger partial charge in [-0.25, -0.2) is 0 Å². The zero-order valence-electron chi connectivity index (χ0n) is 21.1. The summed E-state index contributed by atoms with van der Waals surface area (Å²) in [6.45, 7) is 4.32. The molecule has 38 heavy (non-hydrogen) atoms. The quantitative estimate of drug-likeness (QED) is 0.240. The van der Waals surface area contributed by atoms with Crippen LogP contribution < -0.4 is 31.4 Å². The molecule has 2 unspecified atom stereocenters. The minimum absolute atomic E-state index is 0.0452. The van der Waals surface area contributed by atoms with Crippen LogP contribution >= 0.6 is 11.3 Å². The van der Waals surface area contributed by atoms with E-state index in [4.69, 9.17) is 21.7 Å². The second-order valence-corrected chi connectivity index (χ2v) is 11.7. The maximum Gasteiger partial charge on any atom is 0.320 e. The van der Waals surface area contributed by atoms with E-state index in [2.05, 4.69) is 42.3 Å². The second-order valence-electron chi connectivity index (χ2n) is 10.6. The molecule has 3 fully saturated rings. The lowest BCUT2D eigenvalue weighted by Gasteiger charge is -2.49. The topological polar surface area (TPSA) is 189 Å². The maximum absolute atomic E-state index is 10.3. The molecule has 2 bridgehead atoms. The summed E-state index contributed by atoms with van der Waals surface area (Å²) in [7, 11) is 0. The Kier molecular flexibility index (Phi) is 5.85. The third kappa shape index (κ3) is 3.81. The zero-order chi connectivity index (χ0) is 26.6. The van der Waals surface area contributed by atoms with Crippen molar-refractivity contribution in [2.45, 2.75) is 50.1 Å². The van der Waals surface area contributed by atoms with Gasteiger partial charge in [-0.15, -0.1) is 11.3 Å². The monoisotopic (exact) mass is 531 g/mol. The summed E-state index contributed by atoms with van der Waals surface area (Å²) in [5.74, 6) is 6.53. The molecule has 0 aromatic carbocycles. The number of piperazine rings is 1. The number of nitrogens with zero attached hydrogens (tertiary/aromatic N) is 7. The van der Waals surface area contributed by atoms with E-state index in [1.165, 1.54) is 16.2 Å². The van der Waals surface area contributed by atoms with Gasteiger partial charge in [0.15, 0.2) is 11.6 Å². The molecule has 6 N–H and O–H groups in total. The summed E-state index contributed by atoms with van der Waals surface area (Å²) in [6, 6.07) is 5.52. The Bertz CT molecular complexity index is 1420. The Labute approximate surface area is 224 Å². The van der Waals surface area contributed by atoms with Gasteiger partial charge < -0.3 is 36.8 Å². The predicted molar refractivity (Wildman–Crippen MR) is 145 cm³/mol. The lowest BCUT2D eigenvalue weighted by Crippen LogP contribution is -2.59. The summed E-state index contributed by atoms with van der Waals surface area (Å²) in [5, 5.41) is 35.7. The van der Waals surface area contributed by atoms with E-state index in [-0.39, 0.29) is 23.7 Å². The first-order valence-electron chi connectivity index (χ1n) is 12.7. The molecule has 2 aromatic heterocycles. The molecule has 196 valence electrons. The van der Waals surface area contributed by atoms with Gasteiger partial charge in [0.25, 0.3) is 0 Å². The molecule has 5 heterocycles. The maximum atomic E-state index is 10.3. The second kappa shape index (κ2) is 9.11. The van der Waals surface area contributed by atoms with Crippen LogP contribution in [0.4, 0.5) is 16.6 Å². The fourth-order valence-corrected chi connectivity index (χ4v) is 7.50. The van der Waals surface area contributed by atoms with E-state index in [0.717, 1.165) is 44.3 Å². The van der Waals surface area contributed by atoms with Crippen molar-refractivity contribution in [1.29, 1.82) is 15.9 Å². The van der Waals surface area contributed by atoms with E-state index in [1.54, 1.807) is 6.92 Å². The number of hydrazone groups is 1. The number of nitrogen functional groups attached to an aromatic ring is 1. The van der Waals surface area contributed by atoms with Gasteiger partial charge >= 0.3 is 6.01 Å². The molecule has 6 rings (SSSR count). The van der Waals surface area contributed by atoms with E-state index < -0.39 is 0 Å². The highest BCUT2D eigenvalue weighted by Gasteiger charge is 2.52. The van der Waals surface area contributed by atoms with Gasteiger partial charge in [-0.05, 0) is 38.2 Å². The van der Waals surface area contributed by atoms with Crippen molar-refractivity contribution in [1.82, 2.24) is 15.3 Å². The number of nitrogens with one attached hydrogen (secondary N) is 2. The third-order valence-corrected chi connectivity index (χ3v) is 9.25. The molecule has 2 aromatic rings. The normalized spacial score (nSPS) is 23.1. The molecule has 1 aliphatic carbocycles. The Morgan fingerprint density at radius 3 is 2.45 bits per heavy atom. The summed E-state index contributed by atoms with van der Waals surface area (Å²) in [5.41, 5.74) is 8.57. The van der Waals surface area contributed by atoms with Crippen LogP contribution in [0.1, 0.15) is 47.8 Å². The van der Waals surface area contributed by atoms with Crippen LogP contribution in [0.15, 0.2) is 5.10 Å². The number of nitrogens with two attached hydrogens (primary N) is 2. The number of ether oxygens (including phenoxy) is 1. The summed E-state index contributed by atoms with van der Waals surface area (Å²) in [4.78, 5) is 14.8. The first-order chi connectivity index (χ1) is 18.4. The number of fused-ring (bicyclic) bond motifs is 4. The number of aryl methyl sites for hydroxylation is 1. The summed E-state index contributed by atoms with van der Waals surface area (Å²) < 4.78 is 5.88. The number of aromatic nitrogens is 2. The average molecular weight is 532 g/mol. The minimum atomic E-state index is -0.168. The van der Waals surface area contributed by atoms with Crippen LogP contribution in [-0.2, 0) is 11.8 Å². The summed E-state index contributed by atoms with van der Waals surface area (Å²) in [6.07, 6.45) is 4.05. The van der Waals surface area contributed by atoms with Gasteiger partial charge in [-0.3, -0.25) is 0 Å². The fraction of sp³-hybridized carbons (Fsp3) is 0.520. The molecular formula is C25H29N11OS. The van der Waals surface area contributed by atoms with Crippen LogP contribution in [0.25, 0.3) is 0 Å². The lowest BCUT2D eigenvalue weighted by atomic mass is 9.74. The Morgan fingerprint density at radius 2 is 1.84 bits per heavy atom. The number of anilines is 3. The van der Waals surface area contributed by atoms with Crippen molar-refractivity contribution in [3.63, 3.8) is 0 Å². The van der Waals surface area contributed by atoms with Crippen LogP contribution in [0.2, 0.25) is 0 Å². The van der Waals surface area contributed by atoms with Crippen LogP contribution in [0, 0.1) is 28.1 Å². The van der Waals surface area contributed by atoms with Crippen molar-refractivity contribution >= 4 is 39.4 Å². The standard InChI is InChI=1S/C25H29N11OS/c1-13(28)18(34-30)10-37-24-32-22(35-8-14-2-3-15(9-35)31-14)17(7-27)23(33-24)36-11-25(12-36)5-4-19-20(25)16(6-26)21(29)38-19/h14-15,28,31H,2-5,8-12,29-30H2,1H3/b28-13?,34-18-. The van der Waals surface area contributed by atoms with E-state index in [0.29, 0.717) is 58.6 Å². The van der Waals surface area contributed by atoms with Gasteiger partial charge in [0, 0.05) is 48.6 Å². The van der Waals surface area contributed by atoms with Crippen LogP contribution in [0.3, 0.4) is 0 Å². The number of hydrogen-bond acceptors (Lipinski definition) is 13. The smallest absolute Gasteiger partial charge is 0.320 e. The number of thiophene rings is 1. The van der Waals surface area contributed by atoms with E-state index >= 15 is 0 Å². The molecule has 4 aliphatic rings. The lowest BCUT2D eigenvalue weighted by molar-refractivity contribution is 0.319. The van der Waals surface area contributed by atoms with Gasteiger partial charge in [-0.1, -0.05) is 0 Å². The minimum Gasteiger partial charge on any atom is -0.457 e. The molecule has 0 saturated carbocycles. The van der Waals surface area contributed by atoms with Crippen molar-refractivity contribution in [2.24, 2.45) is 10.9 Å². The molecular weight excluding hydrogens is 502 g/mol. The van der Waals surface area contributed by atoms with Gasteiger partial charge in [0.05, 0.1) is 11.3 Å². The van der Waals surface area contributed by atoms with Crippen molar-refractivity contribution in [3.05, 3.63) is 21.6 Å². The Hall–Kier alpha value is -3.94. The molecule has 13 heteroatoms. The molecule has 0 amide bonds. The predicted octanol–water partition coefficient (Wildman–Crippen LogP) is 1.24. The number of hydrogen-bond donors (Lipinski definition) is 4. The molecule has 3 saturated heterocycles. The molecule has 2 atom stereocenters. The van der Waals surface area contributed by atoms with Crippen LogP contribution in [-0.4, -0.2) is 66.3 Å². The number of nitriles is 2. The highest BCUT2D eigenvalue weighted by Crippen LogP contribution is 2.53.